The average molecular weight is 261 g/mol. The Morgan fingerprint density at radius 2 is 2.37 bits per heavy atom. The fourth-order valence-electron chi connectivity index (χ4n) is 1.68. The lowest BCUT2D eigenvalue weighted by Crippen LogP contribution is -2.07. The fraction of sp³-hybridized carbons (Fsp3) is 0.308. The van der Waals surface area contributed by atoms with Gasteiger partial charge in [0.2, 0.25) is 0 Å². The fourth-order valence-corrected chi connectivity index (χ4v) is 1.68. The molecule has 0 aliphatic carbocycles. The van der Waals surface area contributed by atoms with Crippen molar-refractivity contribution >= 4 is 5.97 Å². The van der Waals surface area contributed by atoms with Gasteiger partial charge in [0.05, 0.1) is 12.4 Å². The Labute approximate surface area is 110 Å². The van der Waals surface area contributed by atoms with Crippen molar-refractivity contribution in [1.82, 2.24) is 14.8 Å². The number of pyridine rings is 1. The maximum Gasteiger partial charge on any atom is 0.354 e. The third-order valence-corrected chi connectivity index (χ3v) is 2.55. The highest BCUT2D eigenvalue weighted by Crippen LogP contribution is 2.13. The van der Waals surface area contributed by atoms with Gasteiger partial charge in [0, 0.05) is 18.3 Å². The van der Waals surface area contributed by atoms with Gasteiger partial charge in [-0.3, -0.25) is 4.68 Å². The molecule has 100 valence electrons. The molecule has 0 atom stereocenters. The van der Waals surface area contributed by atoms with E-state index in [9.17, 15) is 4.79 Å². The van der Waals surface area contributed by atoms with Crippen LogP contribution in [-0.4, -0.2) is 25.8 Å². The molecule has 0 spiro atoms. The molecule has 0 bridgehead atoms. The highest BCUT2D eigenvalue weighted by atomic mass is 16.5. The molecule has 2 rings (SSSR count). The SMILES string of the molecule is CCCn1cc(OCc2cccnc2C(=O)O)cn1. The predicted molar refractivity (Wildman–Crippen MR) is 68.0 cm³/mol. The lowest BCUT2D eigenvalue weighted by molar-refractivity contribution is 0.0687. The van der Waals surface area contributed by atoms with E-state index in [2.05, 4.69) is 17.0 Å². The van der Waals surface area contributed by atoms with Crippen LogP contribution in [0, 0.1) is 0 Å². The van der Waals surface area contributed by atoms with E-state index in [0.717, 1.165) is 13.0 Å². The first-order chi connectivity index (χ1) is 9.20. The van der Waals surface area contributed by atoms with E-state index in [1.54, 1.807) is 29.2 Å². The van der Waals surface area contributed by atoms with Gasteiger partial charge in [-0.25, -0.2) is 9.78 Å². The molecule has 0 radical (unpaired) electrons. The zero-order chi connectivity index (χ0) is 13.7. The number of aryl methyl sites for hydroxylation is 1. The molecule has 0 aliphatic heterocycles. The smallest absolute Gasteiger partial charge is 0.354 e. The maximum atomic E-state index is 11.0. The first-order valence-corrected chi connectivity index (χ1v) is 6.03. The lowest BCUT2D eigenvalue weighted by atomic mass is 10.2. The second-order valence-electron chi connectivity index (χ2n) is 4.04. The standard InChI is InChI=1S/C13H15N3O3/c1-2-6-16-8-11(7-15-16)19-9-10-4-3-5-14-12(10)13(17)18/h3-5,7-8H,2,6,9H2,1H3,(H,17,18). The van der Waals surface area contributed by atoms with Crippen LogP contribution in [0.5, 0.6) is 5.75 Å². The van der Waals surface area contributed by atoms with E-state index < -0.39 is 5.97 Å². The van der Waals surface area contributed by atoms with Crippen LogP contribution in [0.4, 0.5) is 0 Å². The van der Waals surface area contributed by atoms with Crippen LogP contribution in [0.1, 0.15) is 29.4 Å². The summed E-state index contributed by atoms with van der Waals surface area (Å²) in [5, 5.41) is 13.1. The van der Waals surface area contributed by atoms with E-state index in [4.69, 9.17) is 9.84 Å². The van der Waals surface area contributed by atoms with E-state index >= 15 is 0 Å². The third kappa shape index (κ3) is 3.31. The Morgan fingerprint density at radius 1 is 1.53 bits per heavy atom. The van der Waals surface area contributed by atoms with Gasteiger partial charge in [-0.2, -0.15) is 5.10 Å². The molecule has 19 heavy (non-hydrogen) atoms. The Balaban J connectivity index is 2.03. The van der Waals surface area contributed by atoms with Crippen LogP contribution in [0.15, 0.2) is 30.7 Å². The van der Waals surface area contributed by atoms with Gasteiger partial charge in [0.25, 0.3) is 0 Å². The third-order valence-electron chi connectivity index (χ3n) is 2.55. The van der Waals surface area contributed by atoms with E-state index in [0.29, 0.717) is 11.3 Å². The Hall–Kier alpha value is -2.37. The number of aromatic carboxylic acids is 1. The second-order valence-corrected chi connectivity index (χ2v) is 4.04. The number of rotatable bonds is 6. The van der Waals surface area contributed by atoms with Gasteiger partial charge in [0.15, 0.2) is 11.4 Å². The minimum absolute atomic E-state index is 0.0171. The topological polar surface area (TPSA) is 77.2 Å². The normalized spacial score (nSPS) is 10.4. The number of hydrogen-bond acceptors (Lipinski definition) is 4. The van der Waals surface area contributed by atoms with Gasteiger partial charge in [-0.1, -0.05) is 13.0 Å². The number of aromatic nitrogens is 3. The lowest BCUT2D eigenvalue weighted by Gasteiger charge is -2.05. The van der Waals surface area contributed by atoms with Gasteiger partial charge < -0.3 is 9.84 Å². The van der Waals surface area contributed by atoms with Crippen molar-refractivity contribution < 1.29 is 14.6 Å². The zero-order valence-corrected chi connectivity index (χ0v) is 10.6. The van der Waals surface area contributed by atoms with E-state index in [-0.39, 0.29) is 12.3 Å². The van der Waals surface area contributed by atoms with Crippen molar-refractivity contribution in [2.24, 2.45) is 0 Å². The van der Waals surface area contributed by atoms with Crippen LogP contribution in [-0.2, 0) is 13.2 Å². The molecule has 0 aliphatic rings. The summed E-state index contributed by atoms with van der Waals surface area (Å²) in [5.74, 6) is -0.436. The van der Waals surface area contributed by atoms with Crippen LogP contribution in [0.3, 0.4) is 0 Å². The highest BCUT2D eigenvalue weighted by Gasteiger charge is 2.11. The maximum absolute atomic E-state index is 11.0. The molecule has 2 aromatic heterocycles. The molecule has 0 aromatic carbocycles. The highest BCUT2D eigenvalue weighted by molar-refractivity contribution is 5.86. The number of ether oxygens (including phenoxy) is 1. The van der Waals surface area contributed by atoms with E-state index in [1.807, 2.05) is 0 Å². The average Bonchev–Trinajstić information content (AvgIpc) is 2.85. The summed E-state index contributed by atoms with van der Waals surface area (Å²) in [6.07, 6.45) is 5.85. The van der Waals surface area contributed by atoms with Crippen molar-refractivity contribution in [2.45, 2.75) is 26.5 Å². The molecular weight excluding hydrogens is 246 g/mol. The van der Waals surface area contributed by atoms with Gasteiger partial charge in [-0.05, 0) is 12.5 Å². The second kappa shape index (κ2) is 5.99. The Morgan fingerprint density at radius 3 is 3.11 bits per heavy atom. The van der Waals surface area contributed by atoms with Crippen molar-refractivity contribution in [1.29, 1.82) is 0 Å². The van der Waals surface area contributed by atoms with Crippen molar-refractivity contribution in [3.05, 3.63) is 42.0 Å². The van der Waals surface area contributed by atoms with Crippen molar-refractivity contribution in [3.63, 3.8) is 0 Å². The van der Waals surface area contributed by atoms with E-state index in [1.165, 1.54) is 6.20 Å². The summed E-state index contributed by atoms with van der Waals surface area (Å²) in [7, 11) is 0. The number of nitrogens with zero attached hydrogens (tertiary/aromatic N) is 3. The van der Waals surface area contributed by atoms with Crippen LogP contribution >= 0.6 is 0 Å². The monoisotopic (exact) mass is 261 g/mol. The summed E-state index contributed by atoms with van der Waals surface area (Å²) < 4.78 is 7.31. The first-order valence-electron chi connectivity index (χ1n) is 6.03. The predicted octanol–water partition coefficient (Wildman–Crippen LogP) is 1.97. The molecule has 0 amide bonds. The number of hydrogen-bond donors (Lipinski definition) is 1. The summed E-state index contributed by atoms with van der Waals surface area (Å²) in [6.45, 7) is 3.06. The molecule has 6 nitrogen and oxygen atoms in total. The number of carboxylic acid groups (broad SMARTS) is 1. The Kier molecular flexibility index (Phi) is 4.12. The Bertz CT molecular complexity index is 566. The molecule has 0 saturated carbocycles. The van der Waals surface area contributed by atoms with Gasteiger partial charge >= 0.3 is 5.97 Å². The largest absolute Gasteiger partial charge is 0.486 e. The first kappa shape index (κ1) is 13.1. The molecule has 1 N–H and O–H groups in total. The summed E-state index contributed by atoms with van der Waals surface area (Å²) >= 11 is 0. The molecule has 2 heterocycles. The van der Waals surface area contributed by atoms with Crippen LogP contribution in [0.25, 0.3) is 0 Å². The quantitative estimate of drug-likeness (QED) is 0.860. The number of carboxylic acids is 1. The molecule has 2 aromatic rings. The number of carbonyl (C=O) groups is 1. The van der Waals surface area contributed by atoms with Crippen molar-refractivity contribution in [2.75, 3.05) is 0 Å². The van der Waals surface area contributed by atoms with Gasteiger partial charge in [0.1, 0.15) is 6.61 Å². The molecule has 0 fully saturated rings. The minimum Gasteiger partial charge on any atom is -0.486 e. The molecule has 0 unspecified atom stereocenters. The molecule has 0 saturated heterocycles. The molecular formula is C13H15N3O3. The summed E-state index contributed by atoms with van der Waals surface area (Å²) in [6, 6.07) is 3.37. The summed E-state index contributed by atoms with van der Waals surface area (Å²) in [5.41, 5.74) is 0.557. The summed E-state index contributed by atoms with van der Waals surface area (Å²) in [4.78, 5) is 14.8. The minimum atomic E-state index is -1.05. The zero-order valence-electron chi connectivity index (χ0n) is 10.6. The van der Waals surface area contributed by atoms with Crippen molar-refractivity contribution in [3.8, 4) is 5.75 Å². The van der Waals surface area contributed by atoms with Crippen LogP contribution in [0.2, 0.25) is 0 Å². The van der Waals surface area contributed by atoms with Crippen LogP contribution < -0.4 is 4.74 Å². The van der Waals surface area contributed by atoms with Gasteiger partial charge in [-0.15, -0.1) is 0 Å². The molecule has 6 heteroatoms.